The highest BCUT2D eigenvalue weighted by Gasteiger charge is 2.32. The second-order valence-corrected chi connectivity index (χ2v) is 9.62. The van der Waals surface area contributed by atoms with Crippen LogP contribution in [-0.2, 0) is 16.0 Å². The van der Waals surface area contributed by atoms with Crippen molar-refractivity contribution in [3.05, 3.63) is 82.0 Å². The maximum absolute atomic E-state index is 13.2. The molecular weight excluding hydrogens is 451 g/mol. The highest BCUT2D eigenvalue weighted by atomic mass is 32.2. The van der Waals surface area contributed by atoms with Crippen molar-refractivity contribution in [2.24, 2.45) is 0 Å². The number of sulfone groups is 1. The summed E-state index contributed by atoms with van der Waals surface area (Å²) in [6, 6.07) is 13.0. The number of methoxy groups -OCH3 is 1. The molecule has 0 bridgehead atoms. The van der Waals surface area contributed by atoms with E-state index in [1.54, 1.807) is 17.5 Å². The van der Waals surface area contributed by atoms with Gasteiger partial charge in [-0.3, -0.25) is 4.79 Å². The minimum Gasteiger partial charge on any atom is -0.497 e. The molecule has 1 atom stereocenters. The fraction of sp³-hybridized carbons (Fsp3) is 0.190. The summed E-state index contributed by atoms with van der Waals surface area (Å²) < 4.78 is 69.6. The molecule has 1 unspecified atom stereocenters. The molecule has 10 heteroatoms. The van der Waals surface area contributed by atoms with Gasteiger partial charge in [0.1, 0.15) is 11.0 Å². The lowest BCUT2D eigenvalue weighted by molar-refractivity contribution is -0.137. The highest BCUT2D eigenvalue weighted by Crippen LogP contribution is 2.32. The Kier molecular flexibility index (Phi) is 6.71. The summed E-state index contributed by atoms with van der Waals surface area (Å²) in [4.78, 5) is 13.0. The fourth-order valence-electron chi connectivity index (χ4n) is 2.87. The Morgan fingerprint density at radius 2 is 1.71 bits per heavy atom. The van der Waals surface area contributed by atoms with E-state index < -0.39 is 32.7 Å². The number of hydrogen-bond donors (Lipinski definition) is 1. The Morgan fingerprint density at radius 1 is 1.06 bits per heavy atom. The van der Waals surface area contributed by atoms with Crippen LogP contribution in [0.15, 0.2) is 70.9 Å². The van der Waals surface area contributed by atoms with Gasteiger partial charge in [-0.05, 0) is 60.0 Å². The Labute approximate surface area is 181 Å². The van der Waals surface area contributed by atoms with E-state index in [0.29, 0.717) is 10.6 Å². The van der Waals surface area contributed by atoms with Crippen molar-refractivity contribution in [1.29, 1.82) is 0 Å². The van der Waals surface area contributed by atoms with Crippen LogP contribution in [0.1, 0.15) is 26.0 Å². The second-order valence-electron chi connectivity index (χ2n) is 6.51. The molecule has 164 valence electrons. The van der Waals surface area contributed by atoms with Gasteiger partial charge in [0.2, 0.25) is 0 Å². The fourth-order valence-corrected chi connectivity index (χ4v) is 5.65. The molecule has 0 aliphatic carbocycles. The normalized spacial score (nSPS) is 12.9. The zero-order valence-corrected chi connectivity index (χ0v) is 17.9. The van der Waals surface area contributed by atoms with Crippen LogP contribution in [0.5, 0.6) is 5.75 Å². The minimum absolute atomic E-state index is 0.000208. The monoisotopic (exact) mass is 469 g/mol. The smallest absolute Gasteiger partial charge is 0.416 e. The molecule has 0 fully saturated rings. The summed E-state index contributed by atoms with van der Waals surface area (Å²) in [7, 11) is -2.39. The Hall–Kier alpha value is -2.85. The summed E-state index contributed by atoms with van der Waals surface area (Å²) in [5, 5.41) is 3.20. The predicted molar refractivity (Wildman–Crippen MR) is 111 cm³/mol. The van der Waals surface area contributed by atoms with E-state index in [1.807, 2.05) is 0 Å². The summed E-state index contributed by atoms with van der Waals surface area (Å²) in [6.07, 6.45) is -4.51. The number of benzene rings is 2. The topological polar surface area (TPSA) is 72.5 Å². The zero-order chi connectivity index (χ0) is 22.6. The number of nitrogens with one attached hydrogen (secondary N) is 1. The molecule has 2 aromatic carbocycles. The van der Waals surface area contributed by atoms with Gasteiger partial charge in [0.05, 0.1) is 17.6 Å². The first kappa shape index (κ1) is 22.8. The Morgan fingerprint density at radius 3 is 2.23 bits per heavy atom. The molecule has 0 saturated carbocycles. The van der Waals surface area contributed by atoms with Crippen LogP contribution < -0.4 is 10.1 Å². The maximum Gasteiger partial charge on any atom is 0.416 e. The number of rotatable bonds is 7. The van der Waals surface area contributed by atoms with Crippen molar-refractivity contribution >= 4 is 27.1 Å². The molecule has 0 saturated heterocycles. The highest BCUT2D eigenvalue weighted by molar-refractivity contribution is 7.91. The standard InChI is InChI=1S/C21H18F3NO4S2/c1-29-16-8-10-17(11-9-16)31(27,28)19(18-3-2-12-30-18)13-25-20(26)14-4-6-15(7-5-14)21(22,23)24/h2-12,19H,13H2,1H3,(H,25,26). The number of thiophene rings is 1. The number of amides is 1. The van der Waals surface area contributed by atoms with E-state index in [4.69, 9.17) is 4.74 Å². The van der Waals surface area contributed by atoms with Gasteiger partial charge in [-0.2, -0.15) is 13.2 Å². The molecule has 0 aliphatic rings. The van der Waals surface area contributed by atoms with Gasteiger partial charge in [-0.15, -0.1) is 11.3 Å². The lowest BCUT2D eigenvalue weighted by Crippen LogP contribution is -2.31. The van der Waals surface area contributed by atoms with Crippen molar-refractivity contribution in [2.75, 3.05) is 13.7 Å². The van der Waals surface area contributed by atoms with Gasteiger partial charge >= 0.3 is 6.18 Å². The molecule has 1 N–H and O–H groups in total. The largest absolute Gasteiger partial charge is 0.497 e. The minimum atomic E-state index is -4.51. The number of hydrogen-bond acceptors (Lipinski definition) is 5. The lowest BCUT2D eigenvalue weighted by atomic mass is 10.1. The van der Waals surface area contributed by atoms with E-state index in [1.165, 1.54) is 42.7 Å². The quantitative estimate of drug-likeness (QED) is 0.544. The molecule has 1 amide bonds. The SMILES string of the molecule is COc1ccc(S(=O)(=O)C(CNC(=O)c2ccc(C(F)(F)F)cc2)c2cccs2)cc1. The van der Waals surface area contributed by atoms with Crippen molar-refractivity contribution < 1.29 is 31.1 Å². The van der Waals surface area contributed by atoms with Gasteiger partial charge in [-0.25, -0.2) is 8.42 Å². The lowest BCUT2D eigenvalue weighted by Gasteiger charge is -2.18. The summed E-state index contributed by atoms with van der Waals surface area (Å²) in [5.41, 5.74) is -0.873. The first-order valence-electron chi connectivity index (χ1n) is 8.99. The van der Waals surface area contributed by atoms with Crippen LogP contribution >= 0.6 is 11.3 Å². The Balaban J connectivity index is 1.81. The number of carbonyl (C=O) groups is 1. The average Bonchev–Trinajstić information content (AvgIpc) is 3.27. The third-order valence-corrected chi connectivity index (χ3v) is 7.78. The number of alkyl halides is 3. The van der Waals surface area contributed by atoms with E-state index in [9.17, 15) is 26.4 Å². The van der Waals surface area contributed by atoms with Crippen LogP contribution in [0.3, 0.4) is 0 Å². The molecule has 3 aromatic rings. The van der Waals surface area contributed by atoms with E-state index in [0.717, 1.165) is 24.3 Å². The van der Waals surface area contributed by atoms with Crippen LogP contribution in [0.2, 0.25) is 0 Å². The molecule has 0 aliphatic heterocycles. The molecule has 31 heavy (non-hydrogen) atoms. The summed E-state index contributed by atoms with van der Waals surface area (Å²) >= 11 is 1.23. The van der Waals surface area contributed by atoms with Crippen LogP contribution in [-0.4, -0.2) is 28.0 Å². The predicted octanol–water partition coefficient (Wildman–Crippen LogP) is 4.72. The van der Waals surface area contributed by atoms with Gasteiger partial charge in [0.15, 0.2) is 9.84 Å². The molecular formula is C21H18F3NO4S2. The van der Waals surface area contributed by atoms with Crippen molar-refractivity contribution in [3.63, 3.8) is 0 Å². The van der Waals surface area contributed by atoms with Crippen molar-refractivity contribution in [3.8, 4) is 5.75 Å². The molecule has 3 rings (SSSR count). The third kappa shape index (κ3) is 5.26. The van der Waals surface area contributed by atoms with Gasteiger partial charge < -0.3 is 10.1 Å². The number of carbonyl (C=O) groups excluding carboxylic acids is 1. The summed E-state index contributed by atoms with van der Waals surface area (Å²) in [5.74, 6) is -0.164. The number of halogens is 3. The van der Waals surface area contributed by atoms with Gasteiger partial charge in [0, 0.05) is 17.0 Å². The molecule has 1 heterocycles. The molecule has 1 aromatic heterocycles. The zero-order valence-electron chi connectivity index (χ0n) is 16.2. The van der Waals surface area contributed by atoms with Crippen LogP contribution in [0, 0.1) is 0 Å². The Bertz CT molecular complexity index is 1120. The van der Waals surface area contributed by atoms with Crippen molar-refractivity contribution in [2.45, 2.75) is 16.3 Å². The molecule has 0 radical (unpaired) electrons. The van der Waals surface area contributed by atoms with E-state index in [-0.39, 0.29) is 17.0 Å². The van der Waals surface area contributed by atoms with Crippen LogP contribution in [0.4, 0.5) is 13.2 Å². The van der Waals surface area contributed by atoms with Crippen molar-refractivity contribution in [1.82, 2.24) is 5.32 Å². The molecule has 5 nitrogen and oxygen atoms in total. The van der Waals surface area contributed by atoms with E-state index >= 15 is 0 Å². The first-order chi connectivity index (χ1) is 14.6. The second kappa shape index (κ2) is 9.11. The molecule has 0 spiro atoms. The van der Waals surface area contributed by atoms with E-state index in [2.05, 4.69) is 5.32 Å². The average molecular weight is 470 g/mol. The summed E-state index contributed by atoms with van der Waals surface area (Å²) in [6.45, 7) is -0.241. The van der Waals surface area contributed by atoms with Gasteiger partial charge in [0.25, 0.3) is 5.91 Å². The van der Waals surface area contributed by atoms with Gasteiger partial charge in [-0.1, -0.05) is 6.07 Å². The number of ether oxygens (including phenoxy) is 1. The maximum atomic E-state index is 13.2. The first-order valence-corrected chi connectivity index (χ1v) is 11.4. The van der Waals surface area contributed by atoms with Crippen LogP contribution in [0.25, 0.3) is 0 Å². The third-order valence-electron chi connectivity index (χ3n) is 4.55.